The summed E-state index contributed by atoms with van der Waals surface area (Å²) in [6.07, 6.45) is 3.36. The standard InChI is InChI=1S/C11H20N2O/c1-10(2)14-8-4-6-12-9-11-5-3-7-13-11/h3,5,7,10,12-13H,4,6,8-9H2,1-2H3. The molecular weight excluding hydrogens is 176 g/mol. The van der Waals surface area contributed by atoms with Gasteiger partial charge in [0, 0.05) is 25.0 Å². The summed E-state index contributed by atoms with van der Waals surface area (Å²) in [5, 5.41) is 3.35. The Kier molecular flexibility index (Phi) is 5.33. The second-order valence-electron chi connectivity index (χ2n) is 3.65. The number of nitrogens with one attached hydrogen (secondary N) is 2. The lowest BCUT2D eigenvalue weighted by molar-refractivity contribution is 0.0770. The van der Waals surface area contributed by atoms with E-state index < -0.39 is 0 Å². The number of hydrogen-bond acceptors (Lipinski definition) is 2. The zero-order valence-corrected chi connectivity index (χ0v) is 9.05. The highest BCUT2D eigenvalue weighted by Crippen LogP contribution is 1.93. The molecule has 0 unspecified atom stereocenters. The molecular formula is C11H20N2O. The van der Waals surface area contributed by atoms with E-state index in [-0.39, 0.29) is 0 Å². The smallest absolute Gasteiger partial charge is 0.0518 e. The number of rotatable bonds is 7. The van der Waals surface area contributed by atoms with Crippen molar-refractivity contribution in [3.63, 3.8) is 0 Å². The van der Waals surface area contributed by atoms with Crippen molar-refractivity contribution in [2.24, 2.45) is 0 Å². The van der Waals surface area contributed by atoms with Gasteiger partial charge in [0.1, 0.15) is 0 Å². The van der Waals surface area contributed by atoms with Crippen LogP contribution in [0.2, 0.25) is 0 Å². The highest BCUT2D eigenvalue weighted by molar-refractivity contribution is 5.02. The summed E-state index contributed by atoms with van der Waals surface area (Å²) in [6.45, 7) is 6.88. The van der Waals surface area contributed by atoms with Gasteiger partial charge in [-0.1, -0.05) is 0 Å². The largest absolute Gasteiger partial charge is 0.379 e. The maximum Gasteiger partial charge on any atom is 0.0518 e. The number of aromatic amines is 1. The lowest BCUT2D eigenvalue weighted by Gasteiger charge is -2.07. The lowest BCUT2D eigenvalue weighted by Crippen LogP contribution is -2.17. The summed E-state index contributed by atoms with van der Waals surface area (Å²) in [6, 6.07) is 4.09. The molecule has 3 heteroatoms. The van der Waals surface area contributed by atoms with E-state index in [1.807, 2.05) is 12.3 Å². The highest BCUT2D eigenvalue weighted by atomic mass is 16.5. The first-order valence-corrected chi connectivity index (χ1v) is 5.23. The van der Waals surface area contributed by atoms with Crippen LogP contribution in [-0.2, 0) is 11.3 Å². The first kappa shape index (κ1) is 11.3. The topological polar surface area (TPSA) is 37.0 Å². The van der Waals surface area contributed by atoms with Crippen molar-refractivity contribution >= 4 is 0 Å². The van der Waals surface area contributed by atoms with E-state index in [4.69, 9.17) is 4.74 Å². The molecule has 3 nitrogen and oxygen atoms in total. The monoisotopic (exact) mass is 196 g/mol. The Hall–Kier alpha value is -0.800. The van der Waals surface area contributed by atoms with E-state index in [1.165, 1.54) is 5.69 Å². The Morgan fingerprint density at radius 1 is 1.50 bits per heavy atom. The molecule has 0 bridgehead atoms. The normalized spacial score (nSPS) is 11.1. The molecule has 80 valence electrons. The van der Waals surface area contributed by atoms with Crippen LogP contribution in [0.1, 0.15) is 26.0 Å². The van der Waals surface area contributed by atoms with Gasteiger partial charge in [-0.05, 0) is 38.9 Å². The number of hydrogen-bond donors (Lipinski definition) is 2. The van der Waals surface area contributed by atoms with Gasteiger partial charge in [-0.15, -0.1) is 0 Å². The fourth-order valence-corrected chi connectivity index (χ4v) is 1.22. The molecule has 1 aromatic rings. The van der Waals surface area contributed by atoms with Crippen molar-refractivity contribution in [3.8, 4) is 0 Å². The zero-order chi connectivity index (χ0) is 10.2. The molecule has 0 aromatic carbocycles. The third-order valence-electron chi connectivity index (χ3n) is 1.93. The Bertz CT molecular complexity index is 219. The molecule has 1 aromatic heterocycles. The van der Waals surface area contributed by atoms with Gasteiger partial charge in [-0.3, -0.25) is 0 Å². The number of ether oxygens (including phenoxy) is 1. The molecule has 0 saturated carbocycles. The Balaban J connectivity index is 1.90. The number of H-pyrrole nitrogens is 1. The van der Waals surface area contributed by atoms with Gasteiger partial charge in [0.15, 0.2) is 0 Å². The summed E-state index contributed by atoms with van der Waals surface area (Å²) >= 11 is 0. The quantitative estimate of drug-likeness (QED) is 0.654. The molecule has 0 radical (unpaired) electrons. The van der Waals surface area contributed by atoms with E-state index in [2.05, 4.69) is 30.2 Å². The van der Waals surface area contributed by atoms with Gasteiger partial charge in [0.2, 0.25) is 0 Å². The maximum absolute atomic E-state index is 5.43. The second kappa shape index (κ2) is 6.62. The van der Waals surface area contributed by atoms with Crippen LogP contribution in [0.5, 0.6) is 0 Å². The van der Waals surface area contributed by atoms with Crippen molar-refractivity contribution in [3.05, 3.63) is 24.0 Å². The molecule has 0 aliphatic carbocycles. The molecule has 0 saturated heterocycles. The molecule has 0 fully saturated rings. The van der Waals surface area contributed by atoms with Gasteiger partial charge in [-0.25, -0.2) is 0 Å². The van der Waals surface area contributed by atoms with Crippen LogP contribution in [0.3, 0.4) is 0 Å². The molecule has 1 heterocycles. The lowest BCUT2D eigenvalue weighted by atomic mass is 10.4. The zero-order valence-electron chi connectivity index (χ0n) is 9.05. The summed E-state index contributed by atoms with van der Waals surface area (Å²) in [5.41, 5.74) is 1.23. The first-order chi connectivity index (χ1) is 6.79. The summed E-state index contributed by atoms with van der Waals surface area (Å²) < 4.78 is 5.43. The molecule has 2 N–H and O–H groups in total. The summed E-state index contributed by atoms with van der Waals surface area (Å²) in [5.74, 6) is 0. The van der Waals surface area contributed by atoms with Crippen molar-refractivity contribution in [1.82, 2.24) is 10.3 Å². The average Bonchev–Trinajstić information content (AvgIpc) is 2.63. The van der Waals surface area contributed by atoms with Crippen LogP contribution >= 0.6 is 0 Å². The average molecular weight is 196 g/mol. The predicted molar refractivity (Wildman–Crippen MR) is 58.2 cm³/mol. The molecule has 0 spiro atoms. The third-order valence-corrected chi connectivity index (χ3v) is 1.93. The van der Waals surface area contributed by atoms with E-state index in [0.717, 1.165) is 26.1 Å². The minimum atomic E-state index is 0.346. The first-order valence-electron chi connectivity index (χ1n) is 5.23. The minimum Gasteiger partial charge on any atom is -0.379 e. The fraction of sp³-hybridized carbons (Fsp3) is 0.636. The Morgan fingerprint density at radius 3 is 3.00 bits per heavy atom. The Morgan fingerprint density at radius 2 is 2.36 bits per heavy atom. The fourth-order valence-electron chi connectivity index (χ4n) is 1.22. The molecule has 0 amide bonds. The van der Waals surface area contributed by atoms with Crippen LogP contribution in [-0.4, -0.2) is 24.2 Å². The van der Waals surface area contributed by atoms with Gasteiger partial charge in [0.25, 0.3) is 0 Å². The van der Waals surface area contributed by atoms with E-state index in [0.29, 0.717) is 6.10 Å². The van der Waals surface area contributed by atoms with Gasteiger partial charge >= 0.3 is 0 Å². The summed E-state index contributed by atoms with van der Waals surface area (Å²) in [7, 11) is 0. The number of aromatic nitrogens is 1. The molecule has 14 heavy (non-hydrogen) atoms. The molecule has 1 rings (SSSR count). The molecule has 0 aliphatic rings. The SMILES string of the molecule is CC(C)OCCCNCc1ccc[nH]1. The van der Waals surface area contributed by atoms with Crippen LogP contribution in [0, 0.1) is 0 Å². The van der Waals surface area contributed by atoms with Crippen LogP contribution in [0.15, 0.2) is 18.3 Å². The van der Waals surface area contributed by atoms with Crippen molar-refractivity contribution in [1.29, 1.82) is 0 Å². The van der Waals surface area contributed by atoms with Crippen molar-refractivity contribution < 1.29 is 4.74 Å². The van der Waals surface area contributed by atoms with Gasteiger partial charge in [-0.2, -0.15) is 0 Å². The molecule has 0 atom stereocenters. The van der Waals surface area contributed by atoms with Crippen molar-refractivity contribution in [2.75, 3.05) is 13.2 Å². The van der Waals surface area contributed by atoms with Gasteiger partial charge in [0.05, 0.1) is 6.10 Å². The maximum atomic E-state index is 5.43. The van der Waals surface area contributed by atoms with E-state index in [9.17, 15) is 0 Å². The van der Waals surface area contributed by atoms with Crippen LogP contribution in [0.25, 0.3) is 0 Å². The second-order valence-corrected chi connectivity index (χ2v) is 3.65. The minimum absolute atomic E-state index is 0.346. The van der Waals surface area contributed by atoms with Crippen LogP contribution < -0.4 is 5.32 Å². The predicted octanol–water partition coefficient (Wildman–Crippen LogP) is 1.92. The molecule has 0 aliphatic heterocycles. The van der Waals surface area contributed by atoms with Gasteiger partial charge < -0.3 is 15.0 Å². The third kappa shape index (κ3) is 5.04. The van der Waals surface area contributed by atoms with E-state index in [1.54, 1.807) is 0 Å². The summed E-state index contributed by atoms with van der Waals surface area (Å²) in [4.78, 5) is 3.15. The van der Waals surface area contributed by atoms with Crippen LogP contribution in [0.4, 0.5) is 0 Å². The highest BCUT2D eigenvalue weighted by Gasteiger charge is 1.94. The van der Waals surface area contributed by atoms with E-state index >= 15 is 0 Å². The Labute approximate surface area is 85.9 Å². The van der Waals surface area contributed by atoms with Crippen molar-refractivity contribution in [2.45, 2.75) is 32.9 Å².